The third-order valence-corrected chi connectivity index (χ3v) is 0.959. The molecular weight excluding hydrogens is 130 g/mol. The van der Waals surface area contributed by atoms with Crippen LogP contribution in [0.4, 0.5) is 0 Å². The molecule has 0 rings (SSSR count). The second-order valence-corrected chi connectivity index (χ2v) is 2.12. The van der Waals surface area contributed by atoms with Crippen molar-refractivity contribution in [1.29, 1.82) is 0 Å². The van der Waals surface area contributed by atoms with Crippen LogP contribution in [0.15, 0.2) is 0 Å². The van der Waals surface area contributed by atoms with Crippen molar-refractivity contribution >= 4 is 5.91 Å². The van der Waals surface area contributed by atoms with E-state index in [1.807, 2.05) is 6.92 Å². The van der Waals surface area contributed by atoms with Gasteiger partial charge in [0.2, 0.25) is 5.91 Å². The fraction of sp³-hybridized carbons (Fsp3) is 0.833. The second kappa shape index (κ2) is 5.20. The molecule has 0 saturated heterocycles. The van der Waals surface area contributed by atoms with Gasteiger partial charge in [-0.2, -0.15) is 0 Å². The molecule has 60 valence electrons. The molecule has 4 N–H and O–H groups in total. The predicted molar refractivity (Wildman–Crippen MR) is 40.3 cm³/mol. The van der Waals surface area contributed by atoms with Gasteiger partial charge in [-0.25, -0.2) is 0 Å². The summed E-state index contributed by atoms with van der Waals surface area (Å²) in [6.45, 7) is 4.63. The zero-order chi connectivity index (χ0) is 7.98. The van der Waals surface area contributed by atoms with E-state index in [-0.39, 0.29) is 12.1 Å². The van der Waals surface area contributed by atoms with E-state index in [2.05, 4.69) is 10.6 Å². The van der Waals surface area contributed by atoms with Crippen molar-refractivity contribution in [3.63, 3.8) is 0 Å². The smallest absolute Gasteiger partial charge is 0.233 e. The Morgan fingerprint density at radius 1 is 1.70 bits per heavy atom. The summed E-state index contributed by atoms with van der Waals surface area (Å²) >= 11 is 0. The molecule has 0 aliphatic heterocycles. The molecule has 0 radical (unpaired) electrons. The first-order chi connectivity index (χ1) is 4.66. The lowest BCUT2D eigenvalue weighted by Gasteiger charge is -2.06. The molecule has 0 aliphatic rings. The lowest BCUT2D eigenvalue weighted by Crippen LogP contribution is -2.41. The number of carbonyl (C=O) groups excluding carboxylic acids is 1. The Labute approximate surface area is 61.2 Å². The Balaban J connectivity index is 3.22. The molecule has 0 fully saturated rings. The number of carbonyl (C=O) groups is 1. The molecule has 1 unspecified atom stereocenters. The molecule has 1 amide bonds. The van der Waals surface area contributed by atoms with E-state index in [1.54, 1.807) is 6.92 Å². The van der Waals surface area contributed by atoms with Crippen LogP contribution in [0.1, 0.15) is 13.8 Å². The maximum absolute atomic E-state index is 10.7. The van der Waals surface area contributed by atoms with Crippen LogP contribution in [0, 0.1) is 0 Å². The van der Waals surface area contributed by atoms with Crippen LogP contribution in [0.3, 0.4) is 0 Å². The van der Waals surface area contributed by atoms with Crippen molar-refractivity contribution in [3.05, 3.63) is 0 Å². The highest BCUT2D eigenvalue weighted by atomic mass is 16.1. The van der Waals surface area contributed by atoms with Crippen molar-refractivity contribution in [2.45, 2.75) is 20.0 Å². The van der Waals surface area contributed by atoms with Crippen LogP contribution >= 0.6 is 0 Å². The van der Waals surface area contributed by atoms with Crippen LogP contribution < -0.4 is 16.4 Å². The van der Waals surface area contributed by atoms with E-state index in [9.17, 15) is 4.79 Å². The minimum Gasteiger partial charge on any atom is -0.355 e. The quantitative estimate of drug-likeness (QED) is 0.445. The number of nitrogens with one attached hydrogen (secondary N) is 2. The molecule has 1 atom stereocenters. The Morgan fingerprint density at radius 2 is 2.30 bits per heavy atom. The maximum Gasteiger partial charge on any atom is 0.233 e. The Bertz CT molecular complexity index is 103. The van der Waals surface area contributed by atoms with Gasteiger partial charge in [0.15, 0.2) is 0 Å². The SMILES string of the molecule is CCNC(=O)CNC(C)N. The van der Waals surface area contributed by atoms with Gasteiger partial charge in [0, 0.05) is 6.54 Å². The third-order valence-electron chi connectivity index (χ3n) is 0.959. The average Bonchev–Trinajstić information content (AvgIpc) is 1.85. The summed E-state index contributed by atoms with van der Waals surface area (Å²) in [7, 11) is 0. The number of amides is 1. The summed E-state index contributed by atoms with van der Waals surface area (Å²) in [5, 5.41) is 5.44. The van der Waals surface area contributed by atoms with Gasteiger partial charge in [-0.3, -0.25) is 10.1 Å². The first kappa shape index (κ1) is 9.39. The van der Waals surface area contributed by atoms with Crippen molar-refractivity contribution in [2.24, 2.45) is 5.73 Å². The fourth-order valence-electron chi connectivity index (χ4n) is 0.513. The van der Waals surface area contributed by atoms with Crippen molar-refractivity contribution in [3.8, 4) is 0 Å². The highest BCUT2D eigenvalue weighted by molar-refractivity contribution is 5.77. The molecule has 4 nitrogen and oxygen atoms in total. The molecule has 0 aromatic heterocycles. The number of likely N-dealkylation sites (N-methyl/N-ethyl adjacent to an activating group) is 1. The molecule has 10 heavy (non-hydrogen) atoms. The fourth-order valence-corrected chi connectivity index (χ4v) is 0.513. The van der Waals surface area contributed by atoms with Crippen LogP contribution in [-0.4, -0.2) is 25.2 Å². The number of rotatable bonds is 4. The number of nitrogens with two attached hydrogens (primary N) is 1. The molecular formula is C6H15N3O. The predicted octanol–water partition coefficient (Wildman–Crippen LogP) is -0.983. The normalized spacial score (nSPS) is 12.7. The maximum atomic E-state index is 10.7. The van der Waals surface area contributed by atoms with Gasteiger partial charge in [-0.1, -0.05) is 0 Å². The monoisotopic (exact) mass is 145 g/mol. The first-order valence-corrected chi connectivity index (χ1v) is 3.42. The van der Waals surface area contributed by atoms with Gasteiger partial charge in [0.25, 0.3) is 0 Å². The van der Waals surface area contributed by atoms with Crippen molar-refractivity contribution in [2.75, 3.05) is 13.1 Å². The Kier molecular flexibility index (Phi) is 4.88. The molecule has 4 heteroatoms. The molecule has 0 bridgehead atoms. The zero-order valence-electron chi connectivity index (χ0n) is 6.48. The van der Waals surface area contributed by atoms with E-state index in [0.29, 0.717) is 13.1 Å². The minimum absolute atomic E-state index is 0.0141. The van der Waals surface area contributed by atoms with Gasteiger partial charge in [-0.15, -0.1) is 0 Å². The zero-order valence-corrected chi connectivity index (χ0v) is 6.48. The van der Waals surface area contributed by atoms with E-state index < -0.39 is 0 Å². The van der Waals surface area contributed by atoms with Crippen LogP contribution in [0.25, 0.3) is 0 Å². The summed E-state index contributed by atoms with van der Waals surface area (Å²) in [6, 6.07) is 0. The molecule has 0 aliphatic carbocycles. The highest BCUT2D eigenvalue weighted by Gasteiger charge is 1.98. The number of hydrogen-bond acceptors (Lipinski definition) is 3. The van der Waals surface area contributed by atoms with E-state index >= 15 is 0 Å². The topological polar surface area (TPSA) is 67.2 Å². The summed E-state index contributed by atoms with van der Waals surface area (Å²) < 4.78 is 0. The van der Waals surface area contributed by atoms with Crippen LogP contribution in [0.2, 0.25) is 0 Å². The van der Waals surface area contributed by atoms with Gasteiger partial charge in [0.1, 0.15) is 0 Å². The molecule has 0 heterocycles. The average molecular weight is 145 g/mol. The Hall–Kier alpha value is -0.610. The minimum atomic E-state index is -0.123. The van der Waals surface area contributed by atoms with E-state index in [0.717, 1.165) is 0 Å². The van der Waals surface area contributed by atoms with E-state index in [1.165, 1.54) is 0 Å². The van der Waals surface area contributed by atoms with Crippen LogP contribution in [0.5, 0.6) is 0 Å². The number of hydrogen-bond donors (Lipinski definition) is 3. The van der Waals surface area contributed by atoms with Gasteiger partial charge < -0.3 is 11.1 Å². The van der Waals surface area contributed by atoms with Crippen molar-refractivity contribution < 1.29 is 4.79 Å². The van der Waals surface area contributed by atoms with Crippen LogP contribution in [-0.2, 0) is 4.79 Å². The molecule has 0 aromatic carbocycles. The highest BCUT2D eigenvalue weighted by Crippen LogP contribution is 1.66. The Morgan fingerprint density at radius 3 is 2.70 bits per heavy atom. The largest absolute Gasteiger partial charge is 0.355 e. The second-order valence-electron chi connectivity index (χ2n) is 2.12. The standard InChI is InChI=1S/C6H15N3O/c1-3-8-6(10)4-9-5(2)7/h5,9H,3-4,7H2,1-2H3,(H,8,10). The summed E-state index contributed by atoms with van der Waals surface area (Å²) in [5.41, 5.74) is 5.35. The van der Waals surface area contributed by atoms with E-state index in [4.69, 9.17) is 5.73 Å². The van der Waals surface area contributed by atoms with Gasteiger partial charge >= 0.3 is 0 Å². The summed E-state index contributed by atoms with van der Waals surface area (Å²) in [5.74, 6) is -0.0141. The molecule has 0 spiro atoms. The van der Waals surface area contributed by atoms with Crippen molar-refractivity contribution in [1.82, 2.24) is 10.6 Å². The lowest BCUT2D eigenvalue weighted by molar-refractivity contribution is -0.120. The first-order valence-electron chi connectivity index (χ1n) is 3.42. The third kappa shape index (κ3) is 5.53. The summed E-state index contributed by atoms with van der Waals surface area (Å²) in [6.07, 6.45) is -0.123. The lowest BCUT2D eigenvalue weighted by atomic mass is 10.5. The van der Waals surface area contributed by atoms with Gasteiger partial charge in [0.05, 0.1) is 12.7 Å². The van der Waals surface area contributed by atoms with Gasteiger partial charge in [-0.05, 0) is 13.8 Å². The molecule has 0 saturated carbocycles. The summed E-state index contributed by atoms with van der Waals surface area (Å²) in [4.78, 5) is 10.7. The molecule has 0 aromatic rings.